The van der Waals surface area contributed by atoms with E-state index in [1.165, 1.54) is 6.92 Å². The first-order valence-corrected chi connectivity index (χ1v) is 24.7. The van der Waals surface area contributed by atoms with Gasteiger partial charge in [-0.25, -0.2) is 0 Å². The number of rotatable bonds is 13. The minimum atomic E-state index is -1.71. The molecule has 0 radical (unpaired) electrons. The van der Waals surface area contributed by atoms with Gasteiger partial charge in [0.15, 0.2) is 31.1 Å². The van der Waals surface area contributed by atoms with Crippen molar-refractivity contribution in [2.45, 2.75) is 223 Å². The topological polar surface area (TPSA) is 304 Å². The van der Waals surface area contributed by atoms with Crippen LogP contribution in [0.15, 0.2) is 0 Å². The summed E-state index contributed by atoms with van der Waals surface area (Å²) in [6.07, 6.45) is -16.0. The van der Waals surface area contributed by atoms with Gasteiger partial charge in [0.2, 0.25) is 0 Å². The summed E-state index contributed by atoms with van der Waals surface area (Å²) < 4.78 is 43.3. The van der Waals surface area contributed by atoms with Crippen molar-refractivity contribution in [3.8, 4) is 0 Å². The second-order valence-corrected chi connectivity index (χ2v) is 23.7. The zero-order valence-corrected chi connectivity index (χ0v) is 40.3. The van der Waals surface area contributed by atoms with Gasteiger partial charge < -0.3 is 89.3 Å². The molecule has 19 nitrogen and oxygen atoms in total. The molecule has 5 saturated carbocycles. The van der Waals surface area contributed by atoms with Crippen molar-refractivity contribution in [2.75, 3.05) is 19.8 Å². The Hall–Kier alpha value is -1.21. The van der Waals surface area contributed by atoms with Crippen LogP contribution < -0.4 is 0 Å². The van der Waals surface area contributed by atoms with Crippen LogP contribution in [0.25, 0.3) is 0 Å². The van der Waals surface area contributed by atoms with Crippen LogP contribution in [-0.2, 0) is 38.0 Å². The van der Waals surface area contributed by atoms with Gasteiger partial charge in [0.1, 0.15) is 48.8 Å². The smallest absolute Gasteiger partial charge is 0.303 e. The van der Waals surface area contributed by atoms with Crippen LogP contribution in [0, 0.1) is 50.7 Å². The molecule has 0 aromatic rings. The van der Waals surface area contributed by atoms with E-state index in [2.05, 4.69) is 34.6 Å². The summed E-state index contributed by atoms with van der Waals surface area (Å²) in [6.45, 7) is 14.0. The number of carbonyl (C=O) groups is 1. The molecule has 25 unspecified atom stereocenters. The van der Waals surface area contributed by atoms with Gasteiger partial charge >= 0.3 is 5.97 Å². The highest BCUT2D eigenvalue weighted by Gasteiger charge is 2.85. The van der Waals surface area contributed by atoms with Crippen molar-refractivity contribution in [3.05, 3.63) is 0 Å². The maximum absolute atomic E-state index is 12.4. The number of aliphatic hydroxyl groups is 11. The zero-order chi connectivity index (χ0) is 49.1. The summed E-state index contributed by atoms with van der Waals surface area (Å²) in [7, 11) is 0. The third-order valence-electron chi connectivity index (χ3n) is 19.3. The van der Waals surface area contributed by atoms with Crippen LogP contribution in [0.4, 0.5) is 0 Å². The van der Waals surface area contributed by atoms with Gasteiger partial charge in [0.25, 0.3) is 0 Å². The molecule has 386 valence electrons. The molecule has 8 fully saturated rings. The molecule has 67 heavy (non-hydrogen) atoms. The van der Waals surface area contributed by atoms with Crippen LogP contribution in [-0.4, -0.2) is 192 Å². The molecule has 3 saturated heterocycles. The first kappa shape index (κ1) is 52.1. The Morgan fingerprint density at radius 3 is 2.06 bits per heavy atom. The van der Waals surface area contributed by atoms with Gasteiger partial charge in [-0.05, 0) is 122 Å². The maximum Gasteiger partial charge on any atom is 0.303 e. The summed E-state index contributed by atoms with van der Waals surface area (Å²) in [6, 6.07) is 0. The van der Waals surface area contributed by atoms with E-state index in [4.69, 9.17) is 33.2 Å². The molecule has 8 aliphatic rings. The molecule has 3 aliphatic heterocycles. The second kappa shape index (κ2) is 18.4. The summed E-state index contributed by atoms with van der Waals surface area (Å²) >= 11 is 0. The average molecular weight is 961 g/mol. The molecular weight excluding hydrogens is 881 g/mol. The van der Waals surface area contributed by atoms with Gasteiger partial charge in [-0.3, -0.25) is 4.79 Å². The van der Waals surface area contributed by atoms with E-state index in [1.54, 1.807) is 13.8 Å². The van der Waals surface area contributed by atoms with E-state index in [-0.39, 0.29) is 58.5 Å². The first-order valence-electron chi connectivity index (χ1n) is 24.7. The molecule has 3 heterocycles. The highest BCUT2D eigenvalue weighted by molar-refractivity contribution is 5.66. The van der Waals surface area contributed by atoms with Gasteiger partial charge in [0, 0.05) is 6.92 Å². The van der Waals surface area contributed by atoms with Gasteiger partial charge in [-0.15, -0.1) is 0 Å². The van der Waals surface area contributed by atoms with E-state index >= 15 is 0 Å². The third kappa shape index (κ3) is 8.46. The molecule has 25 atom stereocenters. The van der Waals surface area contributed by atoms with Crippen molar-refractivity contribution < 1.29 is 94.1 Å². The average Bonchev–Trinajstić information content (AvgIpc) is 3.85. The predicted octanol–water partition coefficient (Wildman–Crippen LogP) is -0.402. The fraction of sp³-hybridized carbons (Fsp3) is 0.979. The summed E-state index contributed by atoms with van der Waals surface area (Å²) in [4.78, 5) is 12.4. The second-order valence-electron chi connectivity index (χ2n) is 23.7. The Morgan fingerprint density at radius 1 is 0.746 bits per heavy atom. The summed E-state index contributed by atoms with van der Waals surface area (Å²) in [5.74, 6) is -1.02. The Bertz CT molecular complexity index is 1760. The number of aliphatic hydroxyl groups excluding tert-OH is 10. The molecule has 11 N–H and O–H groups in total. The van der Waals surface area contributed by atoms with Crippen molar-refractivity contribution >= 4 is 5.97 Å². The Kier molecular flexibility index (Phi) is 14.3. The van der Waals surface area contributed by atoms with Crippen LogP contribution in [0.2, 0.25) is 0 Å². The fourth-order valence-electron chi connectivity index (χ4n) is 15.7. The van der Waals surface area contributed by atoms with Gasteiger partial charge in [-0.2, -0.15) is 0 Å². The maximum atomic E-state index is 12.4. The van der Waals surface area contributed by atoms with E-state index in [0.29, 0.717) is 38.5 Å². The van der Waals surface area contributed by atoms with Crippen LogP contribution >= 0.6 is 0 Å². The van der Waals surface area contributed by atoms with E-state index < -0.39 is 128 Å². The number of fused-ring (bicyclic) bond motifs is 2. The SMILES string of the molecule is CC(=O)OC1C(O)COC(OC2CCC34CC35CCC3(C)C(C(C)CCC(O)C(C)(C)O)C(O)CC3(C)C5CC(OC3OC(CO)C(O)C(O)C3O)C4C2(C)C)C1OC1OCC(O)C(O)C1O. The largest absolute Gasteiger partial charge is 0.457 e. The molecule has 0 aromatic carbocycles. The standard InChI is InChI=1S/C48H80O19/c1-21(9-10-29(54)44(5,6)60)31-23(51)16-46(8)28-15-26(64-41-36(59)34(57)33(56)27(17-49)65-41)39-43(3,4)30(11-12-48(39)20-47(28,48)14-13-45(31,46)7)66-42-38(37(63-22(2)50)25(53)19-62-42)67-40-35(58)32(55)24(52)18-61-40/h21,23-42,49,51-60H,9-20H2,1-8H3. The van der Waals surface area contributed by atoms with Crippen molar-refractivity contribution in [1.29, 1.82) is 0 Å². The van der Waals surface area contributed by atoms with Gasteiger partial charge in [-0.1, -0.05) is 34.6 Å². The zero-order valence-electron chi connectivity index (χ0n) is 40.3. The molecule has 0 amide bonds. The van der Waals surface area contributed by atoms with Crippen LogP contribution in [0.3, 0.4) is 0 Å². The predicted molar refractivity (Wildman–Crippen MR) is 232 cm³/mol. The van der Waals surface area contributed by atoms with Crippen molar-refractivity contribution in [1.82, 2.24) is 0 Å². The Morgan fingerprint density at radius 2 is 1.40 bits per heavy atom. The fourth-order valence-corrected chi connectivity index (χ4v) is 15.7. The van der Waals surface area contributed by atoms with Crippen LogP contribution in [0.5, 0.6) is 0 Å². The number of ether oxygens (including phenoxy) is 7. The number of hydrogen-bond donors (Lipinski definition) is 11. The highest BCUT2D eigenvalue weighted by Crippen LogP contribution is 2.89. The number of hydrogen-bond acceptors (Lipinski definition) is 19. The molecule has 8 rings (SSSR count). The van der Waals surface area contributed by atoms with E-state index in [9.17, 15) is 61.0 Å². The van der Waals surface area contributed by atoms with Gasteiger partial charge in [0.05, 0.1) is 49.8 Å². The van der Waals surface area contributed by atoms with Crippen molar-refractivity contribution in [2.24, 2.45) is 50.7 Å². The lowest BCUT2D eigenvalue weighted by molar-refractivity contribution is -0.360. The molecule has 0 aromatic heterocycles. The monoisotopic (exact) mass is 961 g/mol. The third-order valence-corrected chi connectivity index (χ3v) is 19.3. The molecule has 19 heteroatoms. The molecule has 2 spiro atoms. The highest BCUT2D eigenvalue weighted by atomic mass is 16.8. The minimum Gasteiger partial charge on any atom is -0.457 e. The lowest BCUT2D eigenvalue weighted by Crippen LogP contribution is -2.65. The molecular formula is C48H80O19. The van der Waals surface area contributed by atoms with Crippen molar-refractivity contribution in [3.63, 3.8) is 0 Å². The first-order chi connectivity index (χ1) is 31.2. The summed E-state index contributed by atoms with van der Waals surface area (Å²) in [5, 5.41) is 119. The minimum absolute atomic E-state index is 0.0334. The number of carbonyl (C=O) groups excluding carboxylic acids is 1. The summed E-state index contributed by atoms with van der Waals surface area (Å²) in [5.41, 5.74) is -3.19. The lowest BCUT2D eigenvalue weighted by Gasteiger charge is -2.65. The van der Waals surface area contributed by atoms with Crippen LogP contribution in [0.1, 0.15) is 113 Å². The Labute approximate surface area is 393 Å². The molecule has 0 bridgehead atoms. The van der Waals surface area contributed by atoms with E-state index in [1.807, 2.05) is 0 Å². The van der Waals surface area contributed by atoms with E-state index in [0.717, 1.165) is 19.3 Å². The number of esters is 1. The lowest BCUT2D eigenvalue weighted by atomic mass is 9.41. The normalized spacial score (nSPS) is 52.5. The quantitative estimate of drug-likeness (QED) is 0.0827. The Balaban J connectivity index is 1.12. The molecule has 5 aliphatic carbocycles.